The highest BCUT2D eigenvalue weighted by Gasteiger charge is 2.15. The van der Waals surface area contributed by atoms with Crippen LogP contribution in [0.5, 0.6) is 5.88 Å². The van der Waals surface area contributed by atoms with Crippen LogP contribution in [-0.4, -0.2) is 23.7 Å². The summed E-state index contributed by atoms with van der Waals surface area (Å²) in [7, 11) is 0. The second-order valence-electron chi connectivity index (χ2n) is 5.14. The maximum absolute atomic E-state index is 12.7. The standard InChI is InChI=1S/C19H16N2O4S/c1-2-24-19(23)25-16-12-26-18(20-16)21-17(22)15-11-7-6-10-14(15)13-8-4-3-5-9-13/h3-12H,2H2,1H3,(H,20,21,22). The van der Waals surface area contributed by atoms with Gasteiger partial charge in [0, 0.05) is 5.56 Å². The van der Waals surface area contributed by atoms with E-state index in [4.69, 9.17) is 4.74 Å². The molecule has 0 fully saturated rings. The molecule has 1 aromatic heterocycles. The summed E-state index contributed by atoms with van der Waals surface area (Å²) in [6.07, 6.45) is -0.829. The van der Waals surface area contributed by atoms with Gasteiger partial charge in [-0.1, -0.05) is 48.5 Å². The second kappa shape index (κ2) is 8.26. The van der Waals surface area contributed by atoms with Crippen LogP contribution < -0.4 is 10.1 Å². The zero-order valence-corrected chi connectivity index (χ0v) is 14.8. The van der Waals surface area contributed by atoms with Gasteiger partial charge in [-0.3, -0.25) is 10.1 Å². The van der Waals surface area contributed by atoms with Crippen LogP contribution in [0.3, 0.4) is 0 Å². The number of carbonyl (C=O) groups excluding carboxylic acids is 2. The predicted molar refractivity (Wildman–Crippen MR) is 99.6 cm³/mol. The van der Waals surface area contributed by atoms with Crippen LogP contribution in [0.15, 0.2) is 60.0 Å². The Morgan fingerprint density at radius 1 is 1.08 bits per heavy atom. The van der Waals surface area contributed by atoms with Crippen LogP contribution >= 0.6 is 11.3 Å². The molecule has 7 heteroatoms. The minimum atomic E-state index is -0.829. The molecule has 0 unspecified atom stereocenters. The van der Waals surface area contributed by atoms with E-state index in [0.29, 0.717) is 10.7 Å². The van der Waals surface area contributed by atoms with Gasteiger partial charge in [0.2, 0.25) is 5.88 Å². The van der Waals surface area contributed by atoms with Crippen LogP contribution in [-0.2, 0) is 4.74 Å². The van der Waals surface area contributed by atoms with E-state index < -0.39 is 6.16 Å². The van der Waals surface area contributed by atoms with Crippen molar-refractivity contribution in [2.75, 3.05) is 11.9 Å². The molecular weight excluding hydrogens is 352 g/mol. The average molecular weight is 368 g/mol. The van der Waals surface area contributed by atoms with Gasteiger partial charge in [-0.15, -0.1) is 11.3 Å². The Morgan fingerprint density at radius 2 is 1.81 bits per heavy atom. The van der Waals surface area contributed by atoms with Crippen molar-refractivity contribution in [3.05, 3.63) is 65.5 Å². The molecule has 0 aliphatic heterocycles. The maximum atomic E-state index is 12.7. The number of benzene rings is 2. The van der Waals surface area contributed by atoms with Crippen molar-refractivity contribution in [2.45, 2.75) is 6.92 Å². The smallest absolute Gasteiger partial charge is 0.434 e. The summed E-state index contributed by atoms with van der Waals surface area (Å²) in [6, 6.07) is 17.0. The highest BCUT2D eigenvalue weighted by Crippen LogP contribution is 2.26. The summed E-state index contributed by atoms with van der Waals surface area (Å²) in [5.41, 5.74) is 2.30. The lowest BCUT2D eigenvalue weighted by molar-refractivity contribution is 0.102. The van der Waals surface area contributed by atoms with Crippen molar-refractivity contribution < 1.29 is 19.1 Å². The van der Waals surface area contributed by atoms with Gasteiger partial charge in [-0.25, -0.2) is 4.79 Å². The molecule has 0 spiro atoms. The molecule has 132 valence electrons. The third kappa shape index (κ3) is 4.25. The number of ether oxygens (including phenoxy) is 2. The number of hydrogen-bond donors (Lipinski definition) is 1. The first-order valence-corrected chi connectivity index (χ1v) is 8.81. The van der Waals surface area contributed by atoms with Gasteiger partial charge < -0.3 is 9.47 Å². The minimum absolute atomic E-state index is 0.0834. The van der Waals surface area contributed by atoms with Gasteiger partial charge in [0.1, 0.15) is 0 Å². The van der Waals surface area contributed by atoms with Crippen molar-refractivity contribution in [1.82, 2.24) is 4.98 Å². The Kier molecular flexibility index (Phi) is 5.60. The SMILES string of the molecule is CCOC(=O)Oc1csc(NC(=O)c2ccccc2-c2ccccc2)n1. The van der Waals surface area contributed by atoms with E-state index in [0.717, 1.165) is 22.5 Å². The Labute approximate surface area is 154 Å². The van der Waals surface area contributed by atoms with E-state index in [9.17, 15) is 9.59 Å². The quantitative estimate of drug-likeness (QED) is 0.666. The molecule has 1 heterocycles. The van der Waals surface area contributed by atoms with E-state index in [1.54, 1.807) is 19.1 Å². The molecule has 26 heavy (non-hydrogen) atoms. The number of anilines is 1. The normalized spacial score (nSPS) is 10.2. The lowest BCUT2D eigenvalue weighted by Gasteiger charge is -2.09. The van der Waals surface area contributed by atoms with Crippen molar-refractivity contribution in [2.24, 2.45) is 0 Å². The summed E-state index contributed by atoms with van der Waals surface area (Å²) in [6.45, 7) is 1.89. The third-order valence-corrected chi connectivity index (χ3v) is 4.15. The van der Waals surface area contributed by atoms with Crippen molar-refractivity contribution in [3.8, 4) is 17.0 Å². The molecule has 0 aliphatic carbocycles. The molecule has 0 aliphatic rings. The Hall–Kier alpha value is -3.19. The van der Waals surface area contributed by atoms with E-state index in [1.807, 2.05) is 42.5 Å². The van der Waals surface area contributed by atoms with Crippen molar-refractivity contribution in [1.29, 1.82) is 0 Å². The van der Waals surface area contributed by atoms with Crippen LogP contribution in [0.25, 0.3) is 11.1 Å². The zero-order chi connectivity index (χ0) is 18.4. The van der Waals surface area contributed by atoms with Crippen LogP contribution in [0.2, 0.25) is 0 Å². The Morgan fingerprint density at radius 3 is 2.58 bits per heavy atom. The molecule has 3 aromatic rings. The van der Waals surface area contributed by atoms with Crippen LogP contribution in [0.4, 0.5) is 9.93 Å². The molecule has 6 nitrogen and oxygen atoms in total. The fourth-order valence-corrected chi connectivity index (χ4v) is 2.92. The largest absolute Gasteiger partial charge is 0.515 e. The van der Waals surface area contributed by atoms with Gasteiger partial charge in [0.25, 0.3) is 5.91 Å². The minimum Gasteiger partial charge on any atom is -0.434 e. The van der Waals surface area contributed by atoms with Gasteiger partial charge in [0.15, 0.2) is 5.13 Å². The van der Waals surface area contributed by atoms with Gasteiger partial charge in [0.05, 0.1) is 12.0 Å². The number of carbonyl (C=O) groups is 2. The molecule has 3 rings (SSSR count). The molecular formula is C19H16N2O4S. The maximum Gasteiger partial charge on any atom is 0.515 e. The number of aromatic nitrogens is 1. The molecule has 0 saturated carbocycles. The Bertz CT molecular complexity index is 909. The van der Waals surface area contributed by atoms with Gasteiger partial charge in [-0.05, 0) is 24.1 Å². The number of hydrogen-bond acceptors (Lipinski definition) is 6. The molecule has 0 bridgehead atoms. The lowest BCUT2D eigenvalue weighted by atomic mass is 9.99. The first kappa shape index (κ1) is 17.6. The first-order chi connectivity index (χ1) is 12.7. The summed E-state index contributed by atoms with van der Waals surface area (Å²) in [5, 5.41) is 4.58. The van der Waals surface area contributed by atoms with E-state index in [2.05, 4.69) is 15.0 Å². The molecule has 0 atom stereocenters. The monoisotopic (exact) mass is 368 g/mol. The van der Waals surface area contributed by atoms with Crippen LogP contribution in [0.1, 0.15) is 17.3 Å². The van der Waals surface area contributed by atoms with Gasteiger partial charge in [-0.2, -0.15) is 4.98 Å². The second-order valence-corrected chi connectivity index (χ2v) is 6.00. The summed E-state index contributed by atoms with van der Waals surface area (Å²) >= 11 is 1.16. The van der Waals surface area contributed by atoms with Crippen molar-refractivity contribution in [3.63, 3.8) is 0 Å². The molecule has 1 amide bonds. The molecule has 0 radical (unpaired) electrons. The Balaban J connectivity index is 1.75. The average Bonchev–Trinajstić information content (AvgIpc) is 3.09. The molecule has 2 aromatic carbocycles. The number of nitrogens with one attached hydrogen (secondary N) is 1. The van der Waals surface area contributed by atoms with Crippen molar-refractivity contribution >= 4 is 28.5 Å². The summed E-state index contributed by atoms with van der Waals surface area (Å²) < 4.78 is 9.59. The van der Waals surface area contributed by atoms with E-state index >= 15 is 0 Å². The van der Waals surface area contributed by atoms with Crippen LogP contribution in [0, 0.1) is 0 Å². The van der Waals surface area contributed by atoms with E-state index in [-0.39, 0.29) is 18.4 Å². The number of amides is 1. The fourth-order valence-electron chi connectivity index (χ4n) is 2.31. The third-order valence-electron chi connectivity index (χ3n) is 3.41. The summed E-state index contributed by atoms with van der Waals surface area (Å²) in [4.78, 5) is 28.0. The molecule has 0 saturated heterocycles. The topological polar surface area (TPSA) is 77.5 Å². The number of rotatable bonds is 5. The lowest BCUT2D eigenvalue weighted by Crippen LogP contribution is -2.13. The molecule has 1 N–H and O–H groups in total. The fraction of sp³-hybridized carbons (Fsp3) is 0.105. The highest BCUT2D eigenvalue weighted by atomic mass is 32.1. The first-order valence-electron chi connectivity index (χ1n) is 7.93. The zero-order valence-electron chi connectivity index (χ0n) is 14.0. The van der Waals surface area contributed by atoms with E-state index in [1.165, 1.54) is 5.38 Å². The van der Waals surface area contributed by atoms with Gasteiger partial charge >= 0.3 is 6.16 Å². The number of thiazole rings is 1. The summed E-state index contributed by atoms with van der Waals surface area (Å²) in [5.74, 6) is -0.207. The highest BCUT2D eigenvalue weighted by molar-refractivity contribution is 7.14. The number of nitrogens with zero attached hydrogens (tertiary/aromatic N) is 1. The predicted octanol–water partition coefficient (Wildman–Crippen LogP) is 4.60.